The van der Waals surface area contributed by atoms with Crippen molar-refractivity contribution < 1.29 is 4.74 Å². The second kappa shape index (κ2) is 3.11. The highest BCUT2D eigenvalue weighted by atomic mass is 16.6. The van der Waals surface area contributed by atoms with E-state index >= 15 is 0 Å². The standard InChI is InChI=1S/C9H19NO/c1-5-10(6-2)8(3)9(4)7-11-9/h8H,5-7H2,1-4H3. The van der Waals surface area contributed by atoms with Gasteiger partial charge in [0.15, 0.2) is 0 Å². The first-order chi connectivity index (χ1) is 5.14. The quantitative estimate of drug-likeness (QED) is 0.575. The van der Waals surface area contributed by atoms with Crippen molar-refractivity contribution in [2.24, 2.45) is 0 Å². The van der Waals surface area contributed by atoms with E-state index in [-0.39, 0.29) is 5.60 Å². The van der Waals surface area contributed by atoms with Crippen LogP contribution in [0.3, 0.4) is 0 Å². The molecule has 2 heteroatoms. The summed E-state index contributed by atoms with van der Waals surface area (Å²) in [6, 6.07) is 0.567. The molecule has 1 aliphatic rings. The number of likely N-dealkylation sites (N-methyl/N-ethyl adjacent to an activating group) is 1. The molecule has 11 heavy (non-hydrogen) atoms. The maximum absolute atomic E-state index is 5.40. The molecule has 0 bridgehead atoms. The van der Waals surface area contributed by atoms with E-state index in [0.29, 0.717) is 6.04 Å². The number of nitrogens with zero attached hydrogens (tertiary/aromatic N) is 1. The Kier molecular flexibility index (Phi) is 2.55. The first-order valence-corrected chi connectivity index (χ1v) is 4.52. The third-order valence-electron chi connectivity index (χ3n) is 2.84. The predicted molar refractivity (Wildman–Crippen MR) is 46.7 cm³/mol. The van der Waals surface area contributed by atoms with Crippen LogP contribution in [0, 0.1) is 0 Å². The third kappa shape index (κ3) is 1.74. The second-order valence-corrected chi connectivity index (χ2v) is 3.50. The van der Waals surface area contributed by atoms with Crippen molar-refractivity contribution in [3.8, 4) is 0 Å². The molecule has 0 aromatic rings. The first-order valence-electron chi connectivity index (χ1n) is 4.52. The summed E-state index contributed by atoms with van der Waals surface area (Å²) in [6.07, 6.45) is 0. The minimum atomic E-state index is 0.159. The number of epoxide rings is 1. The lowest BCUT2D eigenvalue weighted by molar-refractivity contribution is 0.140. The number of hydrogen-bond acceptors (Lipinski definition) is 2. The van der Waals surface area contributed by atoms with Crippen LogP contribution in [0.2, 0.25) is 0 Å². The van der Waals surface area contributed by atoms with Crippen molar-refractivity contribution in [1.82, 2.24) is 4.90 Å². The van der Waals surface area contributed by atoms with Gasteiger partial charge in [-0.15, -0.1) is 0 Å². The van der Waals surface area contributed by atoms with Crippen molar-refractivity contribution in [2.45, 2.75) is 39.3 Å². The Hall–Kier alpha value is -0.0800. The molecule has 2 nitrogen and oxygen atoms in total. The Morgan fingerprint density at radius 3 is 2.18 bits per heavy atom. The Morgan fingerprint density at radius 1 is 1.45 bits per heavy atom. The zero-order valence-corrected chi connectivity index (χ0v) is 8.05. The molecule has 1 fully saturated rings. The van der Waals surface area contributed by atoms with Gasteiger partial charge in [-0.2, -0.15) is 0 Å². The minimum absolute atomic E-state index is 0.159. The Balaban J connectivity index is 2.44. The molecule has 0 aromatic carbocycles. The van der Waals surface area contributed by atoms with Crippen LogP contribution in [0.15, 0.2) is 0 Å². The SMILES string of the molecule is CCN(CC)C(C)C1(C)CO1. The molecular weight excluding hydrogens is 138 g/mol. The summed E-state index contributed by atoms with van der Waals surface area (Å²) in [7, 11) is 0. The zero-order valence-electron chi connectivity index (χ0n) is 8.05. The first kappa shape index (κ1) is 9.01. The van der Waals surface area contributed by atoms with E-state index < -0.39 is 0 Å². The summed E-state index contributed by atoms with van der Waals surface area (Å²) in [5.74, 6) is 0. The second-order valence-electron chi connectivity index (χ2n) is 3.50. The highest BCUT2D eigenvalue weighted by molar-refractivity contribution is 4.97. The molecule has 1 aliphatic heterocycles. The summed E-state index contributed by atoms with van der Waals surface area (Å²) in [4.78, 5) is 2.44. The minimum Gasteiger partial charge on any atom is -0.368 e. The Morgan fingerprint density at radius 2 is 1.91 bits per heavy atom. The van der Waals surface area contributed by atoms with Gasteiger partial charge < -0.3 is 4.74 Å². The third-order valence-corrected chi connectivity index (χ3v) is 2.84. The molecule has 0 saturated carbocycles. The summed E-state index contributed by atoms with van der Waals surface area (Å²) < 4.78 is 5.40. The summed E-state index contributed by atoms with van der Waals surface area (Å²) in [5.41, 5.74) is 0.159. The van der Waals surface area contributed by atoms with Crippen LogP contribution in [-0.4, -0.2) is 36.2 Å². The lowest BCUT2D eigenvalue weighted by Gasteiger charge is -2.29. The van der Waals surface area contributed by atoms with Gasteiger partial charge in [0.1, 0.15) is 5.60 Å². The fourth-order valence-electron chi connectivity index (χ4n) is 1.51. The van der Waals surface area contributed by atoms with E-state index in [2.05, 4.69) is 32.6 Å². The summed E-state index contributed by atoms with van der Waals surface area (Å²) in [6.45, 7) is 12.0. The normalized spacial score (nSPS) is 32.5. The maximum atomic E-state index is 5.40. The van der Waals surface area contributed by atoms with Gasteiger partial charge in [-0.1, -0.05) is 13.8 Å². The van der Waals surface area contributed by atoms with Crippen molar-refractivity contribution in [2.75, 3.05) is 19.7 Å². The van der Waals surface area contributed by atoms with Crippen LogP contribution in [0.1, 0.15) is 27.7 Å². The summed E-state index contributed by atoms with van der Waals surface area (Å²) in [5, 5.41) is 0. The average Bonchev–Trinajstić information content (AvgIpc) is 2.72. The fourth-order valence-corrected chi connectivity index (χ4v) is 1.51. The van der Waals surface area contributed by atoms with Gasteiger partial charge in [0.2, 0.25) is 0 Å². The van der Waals surface area contributed by atoms with Gasteiger partial charge in [-0.3, -0.25) is 4.90 Å². The topological polar surface area (TPSA) is 15.8 Å². The number of hydrogen-bond donors (Lipinski definition) is 0. The highest BCUT2D eigenvalue weighted by Crippen LogP contribution is 2.32. The van der Waals surface area contributed by atoms with Gasteiger partial charge in [0, 0.05) is 6.04 Å². The van der Waals surface area contributed by atoms with Gasteiger partial charge in [0.25, 0.3) is 0 Å². The van der Waals surface area contributed by atoms with Gasteiger partial charge in [0.05, 0.1) is 6.61 Å². The lowest BCUT2D eigenvalue weighted by atomic mass is 10.0. The monoisotopic (exact) mass is 157 g/mol. The van der Waals surface area contributed by atoms with Crippen LogP contribution in [0.5, 0.6) is 0 Å². The molecule has 1 heterocycles. The fraction of sp³-hybridized carbons (Fsp3) is 1.00. The molecule has 2 atom stereocenters. The average molecular weight is 157 g/mol. The molecule has 0 radical (unpaired) electrons. The van der Waals surface area contributed by atoms with E-state index in [1.54, 1.807) is 0 Å². The Bertz CT molecular complexity index is 128. The van der Waals surface area contributed by atoms with Crippen molar-refractivity contribution >= 4 is 0 Å². The largest absolute Gasteiger partial charge is 0.368 e. The molecule has 0 aliphatic carbocycles. The predicted octanol–water partition coefficient (Wildman–Crippen LogP) is 1.51. The van der Waals surface area contributed by atoms with Gasteiger partial charge >= 0.3 is 0 Å². The highest BCUT2D eigenvalue weighted by Gasteiger charge is 2.46. The van der Waals surface area contributed by atoms with Gasteiger partial charge in [-0.25, -0.2) is 0 Å². The molecule has 0 amide bonds. The van der Waals surface area contributed by atoms with E-state index in [0.717, 1.165) is 19.7 Å². The number of ether oxygens (including phenoxy) is 1. The van der Waals surface area contributed by atoms with Crippen LogP contribution >= 0.6 is 0 Å². The molecule has 1 rings (SSSR count). The Labute approximate surface area is 69.5 Å². The molecular formula is C9H19NO. The smallest absolute Gasteiger partial charge is 0.104 e. The molecule has 1 saturated heterocycles. The van der Waals surface area contributed by atoms with Gasteiger partial charge in [-0.05, 0) is 26.9 Å². The molecule has 66 valence electrons. The maximum Gasteiger partial charge on any atom is 0.104 e. The van der Waals surface area contributed by atoms with Crippen molar-refractivity contribution in [3.63, 3.8) is 0 Å². The molecule has 0 aromatic heterocycles. The molecule has 0 N–H and O–H groups in total. The van der Waals surface area contributed by atoms with E-state index in [9.17, 15) is 0 Å². The van der Waals surface area contributed by atoms with Crippen LogP contribution in [-0.2, 0) is 4.74 Å². The van der Waals surface area contributed by atoms with Crippen molar-refractivity contribution in [3.05, 3.63) is 0 Å². The summed E-state index contributed by atoms with van der Waals surface area (Å²) >= 11 is 0. The molecule has 0 spiro atoms. The van der Waals surface area contributed by atoms with Crippen LogP contribution in [0.25, 0.3) is 0 Å². The van der Waals surface area contributed by atoms with Crippen LogP contribution < -0.4 is 0 Å². The van der Waals surface area contributed by atoms with E-state index in [1.165, 1.54) is 0 Å². The molecule has 2 unspecified atom stereocenters. The lowest BCUT2D eigenvalue weighted by Crippen LogP contribution is -2.42. The van der Waals surface area contributed by atoms with Crippen LogP contribution in [0.4, 0.5) is 0 Å². The van der Waals surface area contributed by atoms with E-state index in [1.807, 2.05) is 0 Å². The number of rotatable bonds is 4. The zero-order chi connectivity index (χ0) is 8.48. The van der Waals surface area contributed by atoms with Crippen molar-refractivity contribution in [1.29, 1.82) is 0 Å². The van der Waals surface area contributed by atoms with E-state index in [4.69, 9.17) is 4.74 Å².